The molecule has 1 atom stereocenters. The fraction of sp³-hybridized carbons (Fsp3) is 0.185. The second-order valence-corrected chi connectivity index (χ2v) is 7.91. The minimum atomic E-state index is -0.817. The van der Waals surface area contributed by atoms with E-state index in [-0.39, 0.29) is 11.3 Å². The van der Waals surface area contributed by atoms with Crippen molar-refractivity contribution in [2.75, 3.05) is 19.1 Å². The van der Waals surface area contributed by atoms with Crippen molar-refractivity contribution in [1.82, 2.24) is 0 Å². The number of hydrogen-bond acceptors (Lipinski definition) is 5. The maximum absolute atomic E-state index is 13.3. The molecule has 1 heterocycles. The largest absolute Gasteiger partial charge is 0.507 e. The third-order valence-electron chi connectivity index (χ3n) is 5.92. The van der Waals surface area contributed by atoms with Gasteiger partial charge in [0, 0.05) is 11.3 Å². The van der Waals surface area contributed by atoms with Crippen molar-refractivity contribution in [3.05, 3.63) is 94.6 Å². The van der Waals surface area contributed by atoms with E-state index >= 15 is 0 Å². The van der Waals surface area contributed by atoms with Crippen LogP contribution in [0.3, 0.4) is 0 Å². The van der Waals surface area contributed by atoms with E-state index in [1.54, 1.807) is 56.7 Å². The third-order valence-corrected chi connectivity index (χ3v) is 5.92. The van der Waals surface area contributed by atoms with Crippen LogP contribution in [0.4, 0.5) is 5.69 Å². The van der Waals surface area contributed by atoms with Gasteiger partial charge in [-0.15, -0.1) is 0 Å². The Morgan fingerprint density at radius 1 is 0.848 bits per heavy atom. The molecular weight excluding hydrogens is 418 g/mol. The summed E-state index contributed by atoms with van der Waals surface area (Å²) in [4.78, 5) is 28.1. The molecule has 168 valence electrons. The summed E-state index contributed by atoms with van der Waals surface area (Å²) in [7, 11) is 3.11. The van der Waals surface area contributed by atoms with E-state index in [9.17, 15) is 14.7 Å². The van der Waals surface area contributed by atoms with E-state index in [4.69, 9.17) is 9.47 Å². The number of amides is 1. The first-order valence-electron chi connectivity index (χ1n) is 10.5. The number of carbonyl (C=O) groups is 2. The number of Topliss-reactive ketones (excluding diaryl/α,β-unsaturated/α-hetero) is 1. The Kier molecular flexibility index (Phi) is 5.92. The van der Waals surface area contributed by atoms with E-state index in [1.807, 2.05) is 38.1 Å². The number of para-hydroxylation sites is 1. The highest BCUT2D eigenvalue weighted by Gasteiger charge is 2.47. The number of aryl methyl sites for hydroxylation is 2. The van der Waals surface area contributed by atoms with Crippen LogP contribution in [0.1, 0.15) is 28.3 Å². The van der Waals surface area contributed by atoms with Crippen molar-refractivity contribution in [2.24, 2.45) is 0 Å². The molecule has 0 aliphatic carbocycles. The lowest BCUT2D eigenvalue weighted by molar-refractivity contribution is -0.132. The van der Waals surface area contributed by atoms with Gasteiger partial charge in [0.25, 0.3) is 11.7 Å². The summed E-state index contributed by atoms with van der Waals surface area (Å²) in [6.07, 6.45) is 0. The van der Waals surface area contributed by atoms with Gasteiger partial charge >= 0.3 is 0 Å². The molecule has 1 amide bonds. The highest BCUT2D eigenvalue weighted by atomic mass is 16.5. The van der Waals surface area contributed by atoms with E-state index in [1.165, 1.54) is 4.90 Å². The first-order chi connectivity index (χ1) is 15.9. The van der Waals surface area contributed by atoms with Crippen LogP contribution in [0.15, 0.2) is 72.3 Å². The summed E-state index contributed by atoms with van der Waals surface area (Å²) in [5.41, 5.74) is 3.32. The minimum Gasteiger partial charge on any atom is -0.507 e. The molecule has 1 N–H and O–H groups in total. The number of ether oxygens (including phenoxy) is 2. The zero-order chi connectivity index (χ0) is 23.7. The van der Waals surface area contributed by atoms with Crippen LogP contribution in [-0.4, -0.2) is 31.0 Å². The molecular formula is C27H25NO5. The molecule has 1 saturated heterocycles. The molecule has 0 radical (unpaired) electrons. The number of nitrogens with zero attached hydrogens (tertiary/aromatic N) is 1. The van der Waals surface area contributed by atoms with Gasteiger partial charge in [0.05, 0.1) is 25.8 Å². The Hall–Kier alpha value is -4.06. The summed E-state index contributed by atoms with van der Waals surface area (Å²) >= 11 is 0. The first kappa shape index (κ1) is 22.1. The number of carbonyl (C=O) groups excluding carboxylic acids is 2. The maximum atomic E-state index is 13.3. The van der Waals surface area contributed by atoms with Crippen molar-refractivity contribution in [1.29, 1.82) is 0 Å². The second-order valence-electron chi connectivity index (χ2n) is 7.91. The van der Waals surface area contributed by atoms with Crippen LogP contribution in [0, 0.1) is 13.8 Å². The van der Waals surface area contributed by atoms with Crippen LogP contribution in [0.25, 0.3) is 5.76 Å². The molecule has 6 heteroatoms. The summed E-state index contributed by atoms with van der Waals surface area (Å²) in [5, 5.41) is 11.4. The molecule has 0 bridgehead atoms. The van der Waals surface area contributed by atoms with E-state index in [2.05, 4.69) is 0 Å². The van der Waals surface area contributed by atoms with Crippen LogP contribution >= 0.6 is 0 Å². The molecule has 1 aliphatic heterocycles. The summed E-state index contributed by atoms with van der Waals surface area (Å²) in [5.74, 6) is -0.432. The van der Waals surface area contributed by atoms with Crippen LogP contribution in [-0.2, 0) is 9.59 Å². The van der Waals surface area contributed by atoms with Gasteiger partial charge in [-0.1, -0.05) is 30.3 Å². The number of benzene rings is 3. The predicted octanol–water partition coefficient (Wildman–Crippen LogP) is 4.95. The van der Waals surface area contributed by atoms with Crippen LogP contribution in [0.5, 0.6) is 11.5 Å². The average Bonchev–Trinajstić information content (AvgIpc) is 3.09. The van der Waals surface area contributed by atoms with Gasteiger partial charge in [0.2, 0.25) is 0 Å². The van der Waals surface area contributed by atoms with Crippen molar-refractivity contribution in [3.8, 4) is 11.5 Å². The van der Waals surface area contributed by atoms with E-state index < -0.39 is 17.7 Å². The monoisotopic (exact) mass is 443 g/mol. The number of anilines is 1. The summed E-state index contributed by atoms with van der Waals surface area (Å²) in [6.45, 7) is 3.69. The van der Waals surface area contributed by atoms with Crippen LogP contribution in [0.2, 0.25) is 0 Å². The zero-order valence-electron chi connectivity index (χ0n) is 19.0. The Morgan fingerprint density at radius 3 is 2.21 bits per heavy atom. The smallest absolute Gasteiger partial charge is 0.300 e. The third kappa shape index (κ3) is 3.84. The van der Waals surface area contributed by atoms with Gasteiger partial charge in [-0.05, 0) is 66.9 Å². The van der Waals surface area contributed by atoms with E-state index in [0.717, 1.165) is 11.1 Å². The molecule has 3 aromatic carbocycles. The Morgan fingerprint density at radius 2 is 1.55 bits per heavy atom. The highest BCUT2D eigenvalue weighted by molar-refractivity contribution is 6.51. The summed E-state index contributed by atoms with van der Waals surface area (Å²) < 4.78 is 10.6. The number of hydrogen-bond donors (Lipinski definition) is 1. The van der Waals surface area contributed by atoms with Gasteiger partial charge in [0.15, 0.2) is 0 Å². The molecule has 0 saturated carbocycles. The molecule has 6 nitrogen and oxygen atoms in total. The molecule has 3 aromatic rings. The fourth-order valence-electron chi connectivity index (χ4n) is 4.22. The Labute approximate surface area is 192 Å². The molecule has 33 heavy (non-hydrogen) atoms. The fourth-order valence-corrected chi connectivity index (χ4v) is 4.22. The Balaban J connectivity index is 1.98. The quantitative estimate of drug-likeness (QED) is 0.343. The van der Waals surface area contributed by atoms with E-state index in [0.29, 0.717) is 28.3 Å². The second kappa shape index (κ2) is 8.82. The normalized spacial score (nSPS) is 17.3. The topological polar surface area (TPSA) is 76.1 Å². The Bertz CT molecular complexity index is 1280. The van der Waals surface area contributed by atoms with Gasteiger partial charge < -0.3 is 14.6 Å². The lowest BCUT2D eigenvalue weighted by Crippen LogP contribution is -2.30. The van der Waals surface area contributed by atoms with Crippen molar-refractivity contribution < 1.29 is 24.2 Å². The van der Waals surface area contributed by atoms with Gasteiger partial charge in [-0.25, -0.2) is 0 Å². The zero-order valence-corrected chi connectivity index (χ0v) is 19.0. The number of rotatable bonds is 5. The minimum absolute atomic E-state index is 0.0322. The SMILES string of the molecule is COc1cccc(C2/C(=C(/O)c3ccc(OC)cc3C)C(=O)C(=O)N2c2ccccc2C)c1. The molecule has 1 aliphatic rings. The predicted molar refractivity (Wildman–Crippen MR) is 127 cm³/mol. The number of aliphatic hydroxyl groups is 1. The number of ketones is 1. The number of aliphatic hydroxyl groups excluding tert-OH is 1. The van der Waals surface area contributed by atoms with Crippen molar-refractivity contribution in [3.63, 3.8) is 0 Å². The molecule has 1 fully saturated rings. The molecule has 0 spiro atoms. The lowest BCUT2D eigenvalue weighted by Gasteiger charge is -2.27. The van der Waals surface area contributed by atoms with Gasteiger partial charge in [-0.2, -0.15) is 0 Å². The van der Waals surface area contributed by atoms with Crippen LogP contribution < -0.4 is 14.4 Å². The highest BCUT2D eigenvalue weighted by Crippen LogP contribution is 2.44. The summed E-state index contributed by atoms with van der Waals surface area (Å²) in [6, 6.07) is 18.9. The standard InChI is InChI=1S/C27H25NO5/c1-16-8-5-6-11-22(16)28-24(18-9-7-10-19(15-18)32-3)23(26(30)27(28)31)25(29)21-13-12-20(33-4)14-17(21)2/h5-15,24,29H,1-4H3/b25-23-. The first-order valence-corrected chi connectivity index (χ1v) is 10.5. The lowest BCUT2D eigenvalue weighted by atomic mass is 9.93. The van der Waals surface area contributed by atoms with Crippen molar-refractivity contribution in [2.45, 2.75) is 19.9 Å². The van der Waals surface area contributed by atoms with Gasteiger partial charge in [-0.3, -0.25) is 14.5 Å². The molecule has 1 unspecified atom stereocenters. The maximum Gasteiger partial charge on any atom is 0.300 e. The van der Waals surface area contributed by atoms with Gasteiger partial charge in [0.1, 0.15) is 17.3 Å². The molecule has 4 rings (SSSR count). The van der Waals surface area contributed by atoms with Crippen molar-refractivity contribution >= 4 is 23.1 Å². The average molecular weight is 443 g/mol. The number of methoxy groups -OCH3 is 2. The molecule has 0 aromatic heterocycles.